The Morgan fingerprint density at radius 1 is 1.12 bits per heavy atom. The van der Waals surface area contributed by atoms with E-state index in [-0.39, 0.29) is 0 Å². The van der Waals surface area contributed by atoms with Gasteiger partial charge < -0.3 is 5.73 Å². The Morgan fingerprint density at radius 3 is 1.94 bits per heavy atom. The van der Waals surface area contributed by atoms with E-state index in [0.717, 1.165) is 11.1 Å². The second-order valence-electron chi connectivity index (χ2n) is 4.93. The standard InChI is InChI=1S/C12H19NO2S/c1-8-6-10(12(3,4)13)11(7-9(8)2)16(5,14)15/h6-7H,13H2,1-5H3. The third-order valence-electron chi connectivity index (χ3n) is 2.69. The third kappa shape index (κ3) is 2.62. The molecule has 90 valence electrons. The van der Waals surface area contributed by atoms with Gasteiger partial charge in [-0.25, -0.2) is 8.42 Å². The van der Waals surface area contributed by atoms with Gasteiger partial charge in [-0.2, -0.15) is 0 Å². The molecule has 0 aliphatic heterocycles. The van der Waals surface area contributed by atoms with Crippen molar-refractivity contribution < 1.29 is 8.42 Å². The van der Waals surface area contributed by atoms with E-state index in [0.29, 0.717) is 10.5 Å². The molecule has 1 aromatic carbocycles. The first-order valence-electron chi connectivity index (χ1n) is 5.14. The van der Waals surface area contributed by atoms with Crippen LogP contribution in [0.1, 0.15) is 30.5 Å². The van der Waals surface area contributed by atoms with Crippen LogP contribution in [0.5, 0.6) is 0 Å². The van der Waals surface area contributed by atoms with Crippen molar-refractivity contribution in [2.75, 3.05) is 6.26 Å². The Bertz CT molecular complexity index is 511. The van der Waals surface area contributed by atoms with Gasteiger partial charge in [0, 0.05) is 11.8 Å². The number of benzene rings is 1. The molecule has 1 rings (SSSR count). The fourth-order valence-electron chi connectivity index (χ4n) is 1.60. The van der Waals surface area contributed by atoms with Crippen molar-refractivity contribution in [1.82, 2.24) is 0 Å². The number of rotatable bonds is 2. The summed E-state index contributed by atoms with van der Waals surface area (Å²) in [5.74, 6) is 0. The molecule has 0 heterocycles. The van der Waals surface area contributed by atoms with Crippen LogP contribution < -0.4 is 5.73 Å². The molecule has 0 bridgehead atoms. The van der Waals surface area contributed by atoms with E-state index < -0.39 is 15.4 Å². The summed E-state index contributed by atoms with van der Waals surface area (Å²) < 4.78 is 23.4. The second kappa shape index (κ2) is 3.86. The molecule has 0 unspecified atom stereocenters. The second-order valence-corrected chi connectivity index (χ2v) is 6.91. The maximum Gasteiger partial charge on any atom is 0.175 e. The minimum atomic E-state index is -3.24. The van der Waals surface area contributed by atoms with Crippen molar-refractivity contribution in [3.8, 4) is 0 Å². The highest BCUT2D eigenvalue weighted by Gasteiger charge is 2.24. The predicted octanol–water partition coefficient (Wildman–Crippen LogP) is 1.90. The van der Waals surface area contributed by atoms with Crippen molar-refractivity contribution in [2.24, 2.45) is 5.73 Å². The molecule has 0 aromatic heterocycles. The van der Waals surface area contributed by atoms with Gasteiger partial charge >= 0.3 is 0 Å². The van der Waals surface area contributed by atoms with Gasteiger partial charge in [0.2, 0.25) is 0 Å². The molecule has 3 nitrogen and oxygen atoms in total. The Labute approximate surface area is 97.6 Å². The minimum Gasteiger partial charge on any atom is -0.322 e. The average molecular weight is 241 g/mol. The number of hydrogen-bond acceptors (Lipinski definition) is 3. The van der Waals surface area contributed by atoms with Crippen molar-refractivity contribution in [3.63, 3.8) is 0 Å². The van der Waals surface area contributed by atoms with Crippen LogP contribution in [-0.4, -0.2) is 14.7 Å². The van der Waals surface area contributed by atoms with Gasteiger partial charge in [0.1, 0.15) is 0 Å². The molecule has 4 heteroatoms. The molecule has 0 saturated heterocycles. The first-order chi connectivity index (χ1) is 7.03. The van der Waals surface area contributed by atoms with Gasteiger partial charge in [-0.05, 0) is 50.5 Å². The van der Waals surface area contributed by atoms with E-state index in [1.165, 1.54) is 6.26 Å². The van der Waals surface area contributed by atoms with Gasteiger partial charge in [0.25, 0.3) is 0 Å². The monoisotopic (exact) mass is 241 g/mol. The van der Waals surface area contributed by atoms with Crippen LogP contribution in [0.3, 0.4) is 0 Å². The molecule has 16 heavy (non-hydrogen) atoms. The lowest BCUT2D eigenvalue weighted by atomic mass is 9.92. The molecule has 2 N–H and O–H groups in total. The normalized spacial score (nSPS) is 12.9. The van der Waals surface area contributed by atoms with Crippen LogP contribution >= 0.6 is 0 Å². The summed E-state index contributed by atoms with van der Waals surface area (Å²) >= 11 is 0. The number of hydrogen-bond donors (Lipinski definition) is 1. The van der Waals surface area contributed by atoms with Crippen molar-refractivity contribution in [3.05, 3.63) is 28.8 Å². The van der Waals surface area contributed by atoms with Crippen molar-refractivity contribution in [2.45, 2.75) is 38.1 Å². The molecule has 0 amide bonds. The maximum atomic E-state index is 11.7. The summed E-state index contributed by atoms with van der Waals surface area (Å²) in [6.07, 6.45) is 1.21. The topological polar surface area (TPSA) is 60.2 Å². The fourth-order valence-corrected chi connectivity index (χ4v) is 2.71. The summed E-state index contributed by atoms with van der Waals surface area (Å²) in [6, 6.07) is 3.57. The predicted molar refractivity (Wildman–Crippen MR) is 66.2 cm³/mol. The van der Waals surface area contributed by atoms with E-state index in [4.69, 9.17) is 5.73 Å². The molecule has 0 radical (unpaired) electrons. The van der Waals surface area contributed by atoms with Gasteiger partial charge in [-0.15, -0.1) is 0 Å². The SMILES string of the molecule is Cc1cc(C(C)(C)N)c(S(C)(=O)=O)cc1C. The van der Waals surface area contributed by atoms with Crippen LogP contribution in [0, 0.1) is 13.8 Å². The number of sulfone groups is 1. The Kier molecular flexibility index (Phi) is 3.18. The van der Waals surface area contributed by atoms with E-state index in [1.54, 1.807) is 6.07 Å². The smallest absolute Gasteiger partial charge is 0.175 e. The molecular formula is C12H19NO2S. The molecule has 0 aliphatic rings. The molecule has 0 spiro atoms. The number of aryl methyl sites for hydroxylation is 2. The lowest BCUT2D eigenvalue weighted by Gasteiger charge is -2.23. The van der Waals surface area contributed by atoms with Crippen molar-refractivity contribution in [1.29, 1.82) is 0 Å². The Morgan fingerprint density at radius 2 is 1.56 bits per heavy atom. The first-order valence-corrected chi connectivity index (χ1v) is 7.03. The molecule has 0 aliphatic carbocycles. The Hall–Kier alpha value is -0.870. The first kappa shape index (κ1) is 13.2. The van der Waals surface area contributed by atoms with Gasteiger partial charge in [0.15, 0.2) is 9.84 Å². The zero-order valence-electron chi connectivity index (χ0n) is 10.5. The van der Waals surface area contributed by atoms with Crippen LogP contribution in [0.4, 0.5) is 0 Å². The summed E-state index contributed by atoms with van der Waals surface area (Å²) in [5.41, 5.74) is 8.05. The van der Waals surface area contributed by atoms with Gasteiger partial charge in [-0.1, -0.05) is 6.07 Å². The Balaban J connectivity index is 3.66. The summed E-state index contributed by atoms with van der Waals surface area (Å²) in [6.45, 7) is 7.48. The van der Waals surface area contributed by atoms with Gasteiger partial charge in [0.05, 0.1) is 4.90 Å². The highest BCUT2D eigenvalue weighted by molar-refractivity contribution is 7.90. The zero-order chi connectivity index (χ0) is 12.7. The van der Waals surface area contributed by atoms with Crippen molar-refractivity contribution >= 4 is 9.84 Å². The number of nitrogens with two attached hydrogens (primary N) is 1. The molecule has 0 fully saturated rings. The summed E-state index contributed by atoms with van der Waals surface area (Å²) in [4.78, 5) is 0.336. The summed E-state index contributed by atoms with van der Waals surface area (Å²) in [5, 5.41) is 0. The zero-order valence-corrected chi connectivity index (χ0v) is 11.3. The molecule has 0 saturated carbocycles. The van der Waals surface area contributed by atoms with Crippen LogP contribution in [0.15, 0.2) is 17.0 Å². The summed E-state index contributed by atoms with van der Waals surface area (Å²) in [7, 11) is -3.24. The third-order valence-corrected chi connectivity index (χ3v) is 3.83. The highest BCUT2D eigenvalue weighted by atomic mass is 32.2. The van der Waals surface area contributed by atoms with E-state index >= 15 is 0 Å². The average Bonchev–Trinajstić information content (AvgIpc) is 2.05. The minimum absolute atomic E-state index is 0.336. The highest BCUT2D eigenvalue weighted by Crippen LogP contribution is 2.28. The van der Waals surface area contributed by atoms with E-state index in [2.05, 4.69) is 0 Å². The van der Waals surface area contributed by atoms with E-state index in [9.17, 15) is 8.42 Å². The lowest BCUT2D eigenvalue weighted by Crippen LogP contribution is -2.31. The lowest BCUT2D eigenvalue weighted by molar-refractivity contribution is 0.535. The fraction of sp³-hybridized carbons (Fsp3) is 0.500. The van der Waals surface area contributed by atoms with Crippen LogP contribution in [-0.2, 0) is 15.4 Å². The maximum absolute atomic E-state index is 11.7. The van der Waals surface area contributed by atoms with E-state index in [1.807, 2.05) is 33.8 Å². The largest absolute Gasteiger partial charge is 0.322 e. The van der Waals surface area contributed by atoms with Crippen LogP contribution in [0.25, 0.3) is 0 Å². The van der Waals surface area contributed by atoms with Crippen LogP contribution in [0.2, 0.25) is 0 Å². The molecular weight excluding hydrogens is 222 g/mol. The molecule has 1 aromatic rings. The molecule has 0 atom stereocenters. The quantitative estimate of drug-likeness (QED) is 0.860. The van der Waals surface area contributed by atoms with Gasteiger partial charge in [-0.3, -0.25) is 0 Å².